The van der Waals surface area contributed by atoms with Gasteiger partial charge in [0.05, 0.1) is 0 Å². The summed E-state index contributed by atoms with van der Waals surface area (Å²) in [4.78, 5) is 12.0. The summed E-state index contributed by atoms with van der Waals surface area (Å²) in [6.07, 6.45) is 3.15. The van der Waals surface area contributed by atoms with Crippen molar-refractivity contribution in [2.24, 2.45) is 0 Å². The molecule has 0 heterocycles. The number of nitrogens with one attached hydrogen (secondary N) is 1. The molecule has 1 atom stereocenters. The third-order valence-corrected chi connectivity index (χ3v) is 2.92. The van der Waals surface area contributed by atoms with Gasteiger partial charge in [-0.1, -0.05) is 19.8 Å². The number of hydrogen-bond donors (Lipinski definition) is 2. The Kier molecular flexibility index (Phi) is 5.48. The molecule has 0 aliphatic carbocycles. The van der Waals surface area contributed by atoms with Crippen LogP contribution in [0.1, 0.15) is 43.5 Å². The summed E-state index contributed by atoms with van der Waals surface area (Å²) >= 11 is 3.95. The molecule has 0 aromatic heterocycles. The van der Waals surface area contributed by atoms with Gasteiger partial charge in [-0.25, -0.2) is 4.39 Å². The van der Waals surface area contributed by atoms with Gasteiger partial charge < -0.3 is 5.32 Å². The fraction of sp³-hybridized carbons (Fsp3) is 0.462. The van der Waals surface area contributed by atoms with Crippen LogP contribution in [-0.2, 0) is 0 Å². The van der Waals surface area contributed by atoms with Gasteiger partial charge in [-0.3, -0.25) is 4.79 Å². The first kappa shape index (κ1) is 14.0. The normalized spacial score (nSPS) is 12.2. The molecule has 1 aromatic carbocycles. The monoisotopic (exact) mass is 255 g/mol. The summed E-state index contributed by atoms with van der Waals surface area (Å²) in [7, 11) is 0. The molecule has 4 heteroatoms. The molecular weight excluding hydrogens is 237 g/mol. The second-order valence-electron chi connectivity index (χ2n) is 4.18. The summed E-state index contributed by atoms with van der Waals surface area (Å²) < 4.78 is 13.0. The summed E-state index contributed by atoms with van der Waals surface area (Å²) in [5.41, 5.74) is 0.444. The lowest BCUT2D eigenvalue weighted by molar-refractivity contribution is 0.0937. The number of amides is 1. The van der Waals surface area contributed by atoms with E-state index in [-0.39, 0.29) is 16.8 Å². The highest BCUT2D eigenvalue weighted by atomic mass is 32.1. The fourth-order valence-electron chi connectivity index (χ4n) is 1.54. The standard InChI is InChI=1S/C13H18FNOS/c1-3-4-5-9(2)15-13(16)10-6-7-11(14)12(17)8-10/h6-9,17H,3-5H2,1-2H3,(H,15,16). The molecule has 17 heavy (non-hydrogen) atoms. The highest BCUT2D eigenvalue weighted by molar-refractivity contribution is 7.80. The van der Waals surface area contributed by atoms with Crippen LogP contribution in [0.2, 0.25) is 0 Å². The molecule has 2 nitrogen and oxygen atoms in total. The topological polar surface area (TPSA) is 29.1 Å². The molecule has 94 valence electrons. The van der Waals surface area contributed by atoms with Gasteiger partial charge in [0, 0.05) is 16.5 Å². The molecule has 1 unspecified atom stereocenters. The number of thiol groups is 1. The minimum Gasteiger partial charge on any atom is -0.350 e. The smallest absolute Gasteiger partial charge is 0.251 e. The predicted octanol–water partition coefficient (Wildman–Crippen LogP) is 3.42. The van der Waals surface area contributed by atoms with Crippen LogP contribution in [-0.4, -0.2) is 11.9 Å². The number of hydrogen-bond acceptors (Lipinski definition) is 2. The van der Waals surface area contributed by atoms with Crippen LogP contribution in [0.5, 0.6) is 0 Å². The van der Waals surface area contributed by atoms with Gasteiger partial charge in [-0.15, -0.1) is 12.6 Å². The average Bonchev–Trinajstić information content (AvgIpc) is 2.30. The lowest BCUT2D eigenvalue weighted by Gasteiger charge is -2.13. The van der Waals surface area contributed by atoms with E-state index in [2.05, 4.69) is 24.9 Å². The summed E-state index contributed by atoms with van der Waals surface area (Å²) in [6, 6.07) is 4.31. The number of rotatable bonds is 5. The van der Waals surface area contributed by atoms with Crippen molar-refractivity contribution in [1.29, 1.82) is 0 Å². The zero-order valence-electron chi connectivity index (χ0n) is 10.2. The molecule has 0 fully saturated rings. The predicted molar refractivity (Wildman–Crippen MR) is 70.1 cm³/mol. The van der Waals surface area contributed by atoms with Gasteiger partial charge in [0.1, 0.15) is 5.82 Å². The number of carbonyl (C=O) groups is 1. The molecule has 1 N–H and O–H groups in total. The van der Waals surface area contributed by atoms with Crippen molar-refractivity contribution in [1.82, 2.24) is 5.32 Å². The minimum atomic E-state index is -0.413. The van der Waals surface area contributed by atoms with Crippen molar-refractivity contribution in [2.75, 3.05) is 0 Å². The van der Waals surface area contributed by atoms with E-state index in [1.165, 1.54) is 18.2 Å². The van der Waals surface area contributed by atoms with Gasteiger partial charge in [0.25, 0.3) is 5.91 Å². The first-order chi connectivity index (χ1) is 8.04. The van der Waals surface area contributed by atoms with E-state index in [1.54, 1.807) is 0 Å². The van der Waals surface area contributed by atoms with E-state index in [1.807, 2.05) is 6.92 Å². The maximum atomic E-state index is 13.0. The summed E-state index contributed by atoms with van der Waals surface area (Å²) in [6.45, 7) is 4.08. The number of unbranched alkanes of at least 4 members (excludes halogenated alkanes) is 1. The van der Waals surface area contributed by atoms with Crippen molar-refractivity contribution >= 4 is 18.5 Å². The summed E-state index contributed by atoms with van der Waals surface area (Å²) in [5.74, 6) is -0.590. The van der Waals surface area contributed by atoms with Crippen molar-refractivity contribution in [3.63, 3.8) is 0 Å². The summed E-state index contributed by atoms with van der Waals surface area (Å²) in [5, 5.41) is 2.88. The van der Waals surface area contributed by atoms with Gasteiger partial charge in [0.15, 0.2) is 0 Å². The molecule has 0 aliphatic rings. The Morgan fingerprint density at radius 1 is 1.53 bits per heavy atom. The van der Waals surface area contributed by atoms with Gasteiger partial charge in [-0.2, -0.15) is 0 Å². The van der Waals surface area contributed by atoms with E-state index >= 15 is 0 Å². The lowest BCUT2D eigenvalue weighted by Crippen LogP contribution is -2.32. The van der Waals surface area contributed by atoms with Gasteiger partial charge >= 0.3 is 0 Å². The molecule has 0 aliphatic heterocycles. The maximum absolute atomic E-state index is 13.0. The molecule has 0 spiro atoms. The molecule has 1 aromatic rings. The average molecular weight is 255 g/mol. The molecule has 0 saturated carbocycles. The third-order valence-electron chi connectivity index (χ3n) is 2.58. The fourth-order valence-corrected chi connectivity index (χ4v) is 1.76. The lowest BCUT2D eigenvalue weighted by atomic mass is 10.1. The van der Waals surface area contributed by atoms with Crippen LogP contribution in [0.3, 0.4) is 0 Å². The SMILES string of the molecule is CCCCC(C)NC(=O)c1ccc(F)c(S)c1. The van der Waals surface area contributed by atoms with Gasteiger partial charge in [-0.05, 0) is 31.5 Å². The van der Waals surface area contributed by atoms with Crippen molar-refractivity contribution in [3.8, 4) is 0 Å². The van der Waals surface area contributed by atoms with Crippen LogP contribution >= 0.6 is 12.6 Å². The Morgan fingerprint density at radius 3 is 2.82 bits per heavy atom. The highest BCUT2D eigenvalue weighted by Gasteiger charge is 2.10. The van der Waals surface area contributed by atoms with Crippen molar-refractivity contribution < 1.29 is 9.18 Å². The quantitative estimate of drug-likeness (QED) is 0.776. The molecule has 0 bridgehead atoms. The van der Waals surface area contributed by atoms with E-state index < -0.39 is 5.82 Å². The largest absolute Gasteiger partial charge is 0.350 e. The van der Waals surface area contributed by atoms with Gasteiger partial charge in [0.2, 0.25) is 0 Å². The zero-order valence-corrected chi connectivity index (χ0v) is 11.1. The first-order valence-corrected chi connectivity index (χ1v) is 6.28. The number of carbonyl (C=O) groups excluding carboxylic acids is 1. The zero-order chi connectivity index (χ0) is 12.8. The van der Waals surface area contributed by atoms with Crippen LogP contribution in [0.4, 0.5) is 4.39 Å². The maximum Gasteiger partial charge on any atom is 0.251 e. The second kappa shape index (κ2) is 6.64. The Labute approximate surface area is 107 Å². The molecular formula is C13H18FNOS. The van der Waals surface area contributed by atoms with E-state index in [9.17, 15) is 9.18 Å². The third kappa shape index (κ3) is 4.38. The molecule has 1 amide bonds. The van der Waals surface area contributed by atoms with Crippen LogP contribution in [0.15, 0.2) is 23.1 Å². The Balaban J connectivity index is 2.60. The second-order valence-corrected chi connectivity index (χ2v) is 4.66. The first-order valence-electron chi connectivity index (χ1n) is 5.84. The van der Waals surface area contributed by atoms with Crippen LogP contribution in [0, 0.1) is 5.82 Å². The number of halogens is 1. The molecule has 0 radical (unpaired) electrons. The Morgan fingerprint density at radius 2 is 2.24 bits per heavy atom. The van der Waals surface area contributed by atoms with Crippen LogP contribution < -0.4 is 5.32 Å². The highest BCUT2D eigenvalue weighted by Crippen LogP contribution is 2.14. The van der Waals surface area contributed by atoms with E-state index in [0.29, 0.717) is 5.56 Å². The minimum absolute atomic E-state index is 0.135. The Bertz CT molecular complexity index is 395. The van der Waals surface area contributed by atoms with E-state index in [4.69, 9.17) is 0 Å². The van der Waals surface area contributed by atoms with Crippen LogP contribution in [0.25, 0.3) is 0 Å². The van der Waals surface area contributed by atoms with E-state index in [0.717, 1.165) is 19.3 Å². The molecule has 1 rings (SSSR count). The number of benzene rings is 1. The Hall–Kier alpha value is -1.03. The van der Waals surface area contributed by atoms with Crippen molar-refractivity contribution in [3.05, 3.63) is 29.6 Å². The molecule has 0 saturated heterocycles. The van der Waals surface area contributed by atoms with Crippen molar-refractivity contribution in [2.45, 2.75) is 44.0 Å².